The van der Waals surface area contributed by atoms with Gasteiger partial charge < -0.3 is 9.32 Å². The molecule has 61 heavy (non-hydrogen) atoms. The van der Waals surface area contributed by atoms with Gasteiger partial charge in [-0.25, -0.2) is 0 Å². The molecule has 0 atom stereocenters. The second-order valence-electron chi connectivity index (χ2n) is 15.6. The third kappa shape index (κ3) is 6.09. The Hall–Kier alpha value is -7.72. The zero-order chi connectivity index (χ0) is 40.3. The molecule has 0 fully saturated rings. The van der Waals surface area contributed by atoms with E-state index in [1.54, 1.807) is 0 Å². The molecule has 0 aliphatic heterocycles. The van der Waals surface area contributed by atoms with Crippen LogP contribution in [0.5, 0.6) is 0 Å². The topological polar surface area (TPSA) is 16.4 Å². The van der Waals surface area contributed by atoms with Crippen LogP contribution in [0.1, 0.15) is 0 Å². The largest absolute Gasteiger partial charge is 0.455 e. The fraction of sp³-hybridized carbons (Fsp3) is 0. The average Bonchev–Trinajstić information content (AvgIpc) is 3.90. The number of furan rings is 1. The molecule has 0 unspecified atom stereocenters. The molecule has 0 N–H and O–H groups in total. The lowest BCUT2D eigenvalue weighted by atomic mass is 9.96. The summed E-state index contributed by atoms with van der Waals surface area (Å²) in [5.41, 5.74) is 14.4. The fourth-order valence-corrected chi connectivity index (χ4v) is 10.2. The summed E-state index contributed by atoms with van der Waals surface area (Å²) in [6.45, 7) is 0. The fourth-order valence-electron chi connectivity index (χ4n) is 9.14. The van der Waals surface area contributed by atoms with Gasteiger partial charge in [0.2, 0.25) is 0 Å². The Bertz CT molecular complexity index is 3590. The maximum absolute atomic E-state index is 6.47. The molecule has 0 radical (unpaired) electrons. The van der Waals surface area contributed by atoms with Crippen LogP contribution < -0.4 is 4.90 Å². The van der Waals surface area contributed by atoms with Crippen molar-refractivity contribution in [2.24, 2.45) is 0 Å². The second-order valence-corrected chi connectivity index (χ2v) is 16.7. The Morgan fingerprint density at radius 1 is 0.328 bits per heavy atom. The van der Waals surface area contributed by atoms with Gasteiger partial charge in [0.05, 0.1) is 5.69 Å². The van der Waals surface area contributed by atoms with Crippen molar-refractivity contribution in [3.63, 3.8) is 0 Å². The maximum Gasteiger partial charge on any atom is 0.143 e. The van der Waals surface area contributed by atoms with E-state index in [9.17, 15) is 0 Å². The predicted molar refractivity (Wildman–Crippen MR) is 261 cm³/mol. The monoisotopic (exact) mass is 795 g/mol. The van der Waals surface area contributed by atoms with Crippen LogP contribution in [0.15, 0.2) is 229 Å². The molecule has 12 aromatic rings. The number of fused-ring (bicyclic) bond motifs is 7. The van der Waals surface area contributed by atoms with E-state index in [1.807, 2.05) is 23.5 Å². The van der Waals surface area contributed by atoms with Crippen molar-refractivity contribution in [2.75, 3.05) is 4.90 Å². The Morgan fingerprint density at radius 2 is 0.934 bits per heavy atom. The summed E-state index contributed by atoms with van der Waals surface area (Å²) in [6.07, 6.45) is 0. The molecule has 0 saturated heterocycles. The van der Waals surface area contributed by atoms with E-state index < -0.39 is 0 Å². The van der Waals surface area contributed by atoms with E-state index in [-0.39, 0.29) is 0 Å². The van der Waals surface area contributed by atoms with Crippen molar-refractivity contribution >= 4 is 81.3 Å². The van der Waals surface area contributed by atoms with Crippen LogP contribution in [-0.4, -0.2) is 0 Å². The van der Waals surface area contributed by atoms with Gasteiger partial charge >= 0.3 is 0 Å². The van der Waals surface area contributed by atoms with Gasteiger partial charge in [0.25, 0.3) is 0 Å². The normalized spacial score (nSPS) is 11.6. The smallest absolute Gasteiger partial charge is 0.143 e. The van der Waals surface area contributed by atoms with Gasteiger partial charge in [-0.1, -0.05) is 170 Å². The zero-order valence-electron chi connectivity index (χ0n) is 33.1. The van der Waals surface area contributed by atoms with Gasteiger partial charge in [-0.3, -0.25) is 0 Å². The van der Waals surface area contributed by atoms with E-state index >= 15 is 0 Å². The number of para-hydroxylation sites is 3. The van der Waals surface area contributed by atoms with E-state index in [4.69, 9.17) is 4.42 Å². The van der Waals surface area contributed by atoms with Crippen LogP contribution in [0.3, 0.4) is 0 Å². The number of benzene rings is 10. The van der Waals surface area contributed by atoms with Gasteiger partial charge in [0.1, 0.15) is 11.2 Å². The standard InChI is InChI=1S/C58H37NOS/c1-2-16-46-39(12-1)13-10-20-47(46)40-28-26-38(27-29-40)42-14-9-15-45(36-42)59(44-33-30-41(31-34-44)49-21-11-22-52-50-18-4-7-24-55(50)60-58(49)52)54-23-6-3-17-48(54)43-32-35-57-53(37-43)51-19-5-8-25-56(51)61-57/h1-37H. The van der Waals surface area contributed by atoms with Crippen molar-refractivity contribution in [1.82, 2.24) is 0 Å². The molecule has 2 aromatic heterocycles. The number of nitrogens with zero attached hydrogens (tertiary/aromatic N) is 1. The molecule has 0 bridgehead atoms. The molecule has 10 aromatic carbocycles. The Labute approximate surface area is 357 Å². The van der Waals surface area contributed by atoms with Crippen LogP contribution >= 0.6 is 11.3 Å². The van der Waals surface area contributed by atoms with Crippen molar-refractivity contribution in [3.8, 4) is 44.5 Å². The highest BCUT2D eigenvalue weighted by molar-refractivity contribution is 7.25. The molecule has 2 nitrogen and oxygen atoms in total. The molecular weight excluding hydrogens is 759 g/mol. The van der Waals surface area contributed by atoms with Crippen molar-refractivity contribution in [1.29, 1.82) is 0 Å². The highest BCUT2D eigenvalue weighted by Gasteiger charge is 2.20. The highest BCUT2D eigenvalue weighted by Crippen LogP contribution is 2.45. The van der Waals surface area contributed by atoms with Crippen LogP contribution in [0.25, 0.3) is 97.4 Å². The number of hydrogen-bond acceptors (Lipinski definition) is 3. The predicted octanol–water partition coefficient (Wildman–Crippen LogP) is 17.2. The first-order valence-electron chi connectivity index (χ1n) is 20.7. The van der Waals surface area contributed by atoms with Gasteiger partial charge in [-0.05, 0) is 98.8 Å². The average molecular weight is 796 g/mol. The zero-order valence-corrected chi connectivity index (χ0v) is 33.9. The molecule has 0 aliphatic carbocycles. The van der Waals surface area contributed by atoms with E-state index in [0.717, 1.165) is 55.7 Å². The lowest BCUT2D eigenvalue weighted by Crippen LogP contribution is -2.11. The third-order valence-electron chi connectivity index (χ3n) is 12.1. The van der Waals surface area contributed by atoms with Gasteiger partial charge in [-0.15, -0.1) is 11.3 Å². The summed E-state index contributed by atoms with van der Waals surface area (Å²) >= 11 is 1.85. The summed E-state index contributed by atoms with van der Waals surface area (Å²) in [5.74, 6) is 0. The number of rotatable bonds is 7. The second kappa shape index (κ2) is 14.5. The minimum Gasteiger partial charge on any atom is -0.455 e. The summed E-state index contributed by atoms with van der Waals surface area (Å²) < 4.78 is 9.08. The molecule has 3 heteroatoms. The van der Waals surface area contributed by atoms with Crippen molar-refractivity contribution in [3.05, 3.63) is 224 Å². The lowest BCUT2D eigenvalue weighted by Gasteiger charge is -2.28. The van der Waals surface area contributed by atoms with E-state index in [1.165, 1.54) is 58.8 Å². The number of hydrogen-bond donors (Lipinski definition) is 0. The van der Waals surface area contributed by atoms with E-state index in [0.29, 0.717) is 0 Å². The van der Waals surface area contributed by atoms with Crippen LogP contribution in [0.4, 0.5) is 17.1 Å². The first kappa shape index (κ1) is 35.2. The number of thiophene rings is 1. The van der Waals surface area contributed by atoms with Crippen LogP contribution in [-0.2, 0) is 0 Å². The number of anilines is 3. The minimum absolute atomic E-state index is 0.904. The quantitative estimate of drug-likeness (QED) is 0.160. The molecule has 0 amide bonds. The summed E-state index contributed by atoms with van der Waals surface area (Å²) in [7, 11) is 0. The highest BCUT2D eigenvalue weighted by atomic mass is 32.1. The molecule has 2 heterocycles. The first-order valence-corrected chi connectivity index (χ1v) is 21.6. The molecular formula is C58H37NOS. The summed E-state index contributed by atoms with van der Waals surface area (Å²) in [4.78, 5) is 2.41. The van der Waals surface area contributed by atoms with Crippen LogP contribution in [0, 0.1) is 0 Å². The van der Waals surface area contributed by atoms with Crippen LogP contribution in [0.2, 0.25) is 0 Å². The Balaban J connectivity index is 0.985. The Morgan fingerprint density at radius 3 is 1.84 bits per heavy atom. The maximum atomic E-state index is 6.47. The lowest BCUT2D eigenvalue weighted by molar-refractivity contribution is 0.670. The van der Waals surface area contributed by atoms with Gasteiger partial charge in [-0.2, -0.15) is 0 Å². The Kier molecular flexibility index (Phi) is 8.39. The first-order chi connectivity index (χ1) is 30.2. The van der Waals surface area contributed by atoms with Crippen molar-refractivity contribution in [2.45, 2.75) is 0 Å². The van der Waals surface area contributed by atoms with E-state index in [2.05, 4.69) is 217 Å². The van der Waals surface area contributed by atoms with Gasteiger partial charge in [0, 0.05) is 53.4 Å². The molecule has 0 spiro atoms. The SMILES string of the molecule is c1cc(-c2ccc(-c3cccc4ccccc34)cc2)cc(N(c2ccc(-c3cccc4c3oc3ccccc34)cc2)c2ccccc2-c2ccc3sc4ccccc4c3c2)c1. The summed E-state index contributed by atoms with van der Waals surface area (Å²) in [6, 6.07) is 81.2. The molecule has 0 saturated carbocycles. The third-order valence-corrected chi connectivity index (χ3v) is 13.2. The minimum atomic E-state index is 0.904. The molecule has 12 rings (SSSR count). The van der Waals surface area contributed by atoms with Crippen molar-refractivity contribution < 1.29 is 4.42 Å². The molecule has 286 valence electrons. The summed E-state index contributed by atoms with van der Waals surface area (Å²) in [5, 5.41) is 7.37. The van der Waals surface area contributed by atoms with Gasteiger partial charge in [0.15, 0.2) is 0 Å². The molecule has 0 aliphatic rings.